The second kappa shape index (κ2) is 5.95. The van der Waals surface area contributed by atoms with Crippen LogP contribution in [0.5, 0.6) is 5.75 Å². The van der Waals surface area contributed by atoms with Gasteiger partial charge in [0.2, 0.25) is 0 Å². The van der Waals surface area contributed by atoms with Gasteiger partial charge in [-0.2, -0.15) is 0 Å². The van der Waals surface area contributed by atoms with Crippen LogP contribution in [0.25, 0.3) is 0 Å². The molecule has 0 bridgehead atoms. The van der Waals surface area contributed by atoms with Gasteiger partial charge in [0, 0.05) is 12.5 Å². The highest BCUT2D eigenvalue weighted by molar-refractivity contribution is 5.89. The SMILES string of the molecule is C[C@H]1Oc2ccc(C(N)CCC(F)(F)CN)cc2N=C1N. The predicted octanol–water partition coefficient (Wildman–Crippen LogP) is 1.83. The Kier molecular flexibility index (Phi) is 4.43. The van der Waals surface area contributed by atoms with Gasteiger partial charge in [-0.1, -0.05) is 6.07 Å². The number of halogens is 2. The molecular formula is C14H20F2N4O. The Morgan fingerprint density at radius 1 is 1.43 bits per heavy atom. The van der Waals surface area contributed by atoms with Gasteiger partial charge in [-0.15, -0.1) is 0 Å². The summed E-state index contributed by atoms with van der Waals surface area (Å²) < 4.78 is 31.9. The Bertz CT molecular complexity index is 548. The van der Waals surface area contributed by atoms with E-state index in [1.807, 2.05) is 0 Å². The number of benzene rings is 1. The fraction of sp³-hybridized carbons (Fsp3) is 0.500. The average molecular weight is 298 g/mol. The highest BCUT2D eigenvalue weighted by Gasteiger charge is 2.27. The van der Waals surface area contributed by atoms with Crippen molar-refractivity contribution in [2.75, 3.05) is 6.54 Å². The molecule has 2 atom stereocenters. The maximum atomic E-state index is 13.2. The Morgan fingerprint density at radius 3 is 2.81 bits per heavy atom. The first kappa shape index (κ1) is 15.7. The molecule has 0 aromatic heterocycles. The van der Waals surface area contributed by atoms with Gasteiger partial charge in [0.25, 0.3) is 5.92 Å². The number of fused-ring (bicyclic) bond motifs is 1. The van der Waals surface area contributed by atoms with Gasteiger partial charge in [-0.25, -0.2) is 13.8 Å². The zero-order valence-electron chi connectivity index (χ0n) is 11.9. The van der Waals surface area contributed by atoms with Crippen molar-refractivity contribution in [3.05, 3.63) is 23.8 Å². The van der Waals surface area contributed by atoms with E-state index in [1.54, 1.807) is 25.1 Å². The zero-order chi connectivity index (χ0) is 15.6. The number of alkyl halides is 2. The van der Waals surface area contributed by atoms with E-state index in [-0.39, 0.29) is 18.9 Å². The Hall–Kier alpha value is -1.73. The molecule has 6 N–H and O–H groups in total. The number of hydrogen-bond acceptors (Lipinski definition) is 5. The standard InChI is InChI=1S/C14H20F2N4O/c1-8-13(19)20-11-6-9(2-3-12(11)21-8)10(18)4-5-14(15,16)7-17/h2-3,6,8,10H,4-5,7,17-18H2,1H3,(H2,19,20)/t8-,10?/m1/s1. The summed E-state index contributed by atoms with van der Waals surface area (Å²) >= 11 is 0. The van der Waals surface area contributed by atoms with E-state index >= 15 is 0 Å². The van der Waals surface area contributed by atoms with Crippen LogP contribution in [0.15, 0.2) is 23.2 Å². The van der Waals surface area contributed by atoms with Gasteiger partial charge in [0.1, 0.15) is 17.3 Å². The molecule has 0 fully saturated rings. The van der Waals surface area contributed by atoms with E-state index in [2.05, 4.69) is 4.99 Å². The van der Waals surface area contributed by atoms with Crippen molar-refractivity contribution in [1.82, 2.24) is 0 Å². The first-order valence-corrected chi connectivity index (χ1v) is 6.80. The third kappa shape index (κ3) is 3.68. The summed E-state index contributed by atoms with van der Waals surface area (Å²) in [6.07, 6.45) is -0.486. The number of amidine groups is 1. The highest BCUT2D eigenvalue weighted by Crippen LogP contribution is 2.35. The molecule has 2 rings (SSSR count). The molecule has 0 aliphatic carbocycles. The molecule has 0 amide bonds. The van der Waals surface area contributed by atoms with Crippen LogP contribution < -0.4 is 21.9 Å². The summed E-state index contributed by atoms with van der Waals surface area (Å²) in [6, 6.07) is 4.70. The van der Waals surface area contributed by atoms with Crippen LogP contribution in [0.1, 0.15) is 31.4 Å². The molecule has 0 saturated heterocycles. The van der Waals surface area contributed by atoms with Crippen LogP contribution in [-0.4, -0.2) is 24.4 Å². The minimum Gasteiger partial charge on any atom is -0.481 e. The second-order valence-electron chi connectivity index (χ2n) is 5.23. The highest BCUT2D eigenvalue weighted by atomic mass is 19.3. The minimum atomic E-state index is -2.88. The summed E-state index contributed by atoms with van der Waals surface area (Å²) in [5.74, 6) is -1.89. The summed E-state index contributed by atoms with van der Waals surface area (Å²) in [7, 11) is 0. The van der Waals surface area contributed by atoms with Crippen molar-refractivity contribution in [3.63, 3.8) is 0 Å². The largest absolute Gasteiger partial charge is 0.481 e. The van der Waals surface area contributed by atoms with Crippen molar-refractivity contribution in [2.45, 2.75) is 37.8 Å². The molecule has 1 unspecified atom stereocenters. The summed E-state index contributed by atoms with van der Waals surface area (Å²) in [4.78, 5) is 4.24. The third-order valence-corrected chi connectivity index (χ3v) is 3.50. The summed E-state index contributed by atoms with van der Waals surface area (Å²) in [5, 5.41) is 0. The van der Waals surface area contributed by atoms with Crippen molar-refractivity contribution >= 4 is 11.5 Å². The molecule has 1 aromatic carbocycles. The van der Waals surface area contributed by atoms with E-state index < -0.39 is 18.5 Å². The van der Waals surface area contributed by atoms with E-state index in [1.165, 1.54) is 0 Å². The molecule has 1 aliphatic heterocycles. The molecule has 1 aliphatic rings. The second-order valence-corrected chi connectivity index (χ2v) is 5.23. The van der Waals surface area contributed by atoms with Gasteiger partial charge in [0.05, 0.1) is 6.54 Å². The lowest BCUT2D eigenvalue weighted by Gasteiger charge is -2.22. The first-order chi connectivity index (χ1) is 9.82. The molecule has 7 heteroatoms. The van der Waals surface area contributed by atoms with Crippen LogP contribution >= 0.6 is 0 Å². The van der Waals surface area contributed by atoms with Crippen LogP contribution in [0.4, 0.5) is 14.5 Å². The minimum absolute atomic E-state index is 0.138. The van der Waals surface area contributed by atoms with Gasteiger partial charge in [-0.3, -0.25) is 0 Å². The van der Waals surface area contributed by atoms with Crippen molar-refractivity contribution in [3.8, 4) is 5.75 Å². The molecular weight excluding hydrogens is 278 g/mol. The van der Waals surface area contributed by atoms with Crippen molar-refractivity contribution in [1.29, 1.82) is 0 Å². The Morgan fingerprint density at radius 2 is 2.14 bits per heavy atom. The number of aliphatic imine (C=N–C) groups is 1. The lowest BCUT2D eigenvalue weighted by atomic mass is 9.99. The topological polar surface area (TPSA) is 99.6 Å². The van der Waals surface area contributed by atoms with Gasteiger partial charge in [-0.05, 0) is 31.0 Å². The third-order valence-electron chi connectivity index (χ3n) is 3.50. The molecule has 0 radical (unpaired) electrons. The Labute approximate surface area is 122 Å². The van der Waals surface area contributed by atoms with Crippen molar-refractivity contribution in [2.24, 2.45) is 22.2 Å². The van der Waals surface area contributed by atoms with E-state index in [0.29, 0.717) is 17.3 Å². The molecule has 0 saturated carbocycles. The van der Waals surface area contributed by atoms with Gasteiger partial charge >= 0.3 is 0 Å². The van der Waals surface area contributed by atoms with Crippen LogP contribution in [0, 0.1) is 0 Å². The average Bonchev–Trinajstić information content (AvgIpc) is 2.45. The molecule has 5 nitrogen and oxygen atoms in total. The van der Waals surface area contributed by atoms with Crippen LogP contribution in [-0.2, 0) is 0 Å². The molecule has 1 heterocycles. The molecule has 21 heavy (non-hydrogen) atoms. The summed E-state index contributed by atoms with van der Waals surface area (Å²) in [5.41, 5.74) is 18.0. The molecule has 0 spiro atoms. The fourth-order valence-electron chi connectivity index (χ4n) is 2.07. The lowest BCUT2D eigenvalue weighted by molar-refractivity contribution is -0.00141. The maximum absolute atomic E-state index is 13.2. The Balaban J connectivity index is 2.11. The van der Waals surface area contributed by atoms with E-state index in [9.17, 15) is 8.78 Å². The van der Waals surface area contributed by atoms with Gasteiger partial charge < -0.3 is 21.9 Å². The van der Waals surface area contributed by atoms with Crippen LogP contribution in [0.2, 0.25) is 0 Å². The van der Waals surface area contributed by atoms with E-state index in [4.69, 9.17) is 21.9 Å². The number of ether oxygens (including phenoxy) is 1. The quantitative estimate of drug-likeness (QED) is 0.772. The van der Waals surface area contributed by atoms with E-state index in [0.717, 1.165) is 5.56 Å². The smallest absolute Gasteiger partial charge is 0.260 e. The van der Waals surface area contributed by atoms with Gasteiger partial charge in [0.15, 0.2) is 6.10 Å². The number of nitrogens with two attached hydrogens (primary N) is 3. The molecule has 116 valence electrons. The molecule has 1 aromatic rings. The number of rotatable bonds is 5. The fourth-order valence-corrected chi connectivity index (χ4v) is 2.07. The maximum Gasteiger partial charge on any atom is 0.260 e. The normalized spacial score (nSPS) is 19.5. The lowest BCUT2D eigenvalue weighted by Crippen LogP contribution is -2.33. The van der Waals surface area contributed by atoms with Crippen LogP contribution in [0.3, 0.4) is 0 Å². The first-order valence-electron chi connectivity index (χ1n) is 6.80. The summed E-state index contributed by atoms with van der Waals surface area (Å²) in [6.45, 7) is 1.13. The predicted molar refractivity (Wildman–Crippen MR) is 78.0 cm³/mol. The van der Waals surface area contributed by atoms with Crippen molar-refractivity contribution < 1.29 is 13.5 Å². The number of nitrogens with zero attached hydrogens (tertiary/aromatic N) is 1. The monoisotopic (exact) mass is 298 g/mol. The number of hydrogen-bond donors (Lipinski definition) is 3. The zero-order valence-corrected chi connectivity index (χ0v) is 11.9.